The van der Waals surface area contributed by atoms with E-state index in [1.54, 1.807) is 0 Å². The van der Waals surface area contributed by atoms with Crippen molar-refractivity contribution in [3.63, 3.8) is 0 Å². The van der Waals surface area contributed by atoms with Crippen LogP contribution in [-0.4, -0.2) is 20.3 Å². The van der Waals surface area contributed by atoms with Gasteiger partial charge in [-0.2, -0.15) is 0 Å². The lowest BCUT2D eigenvalue weighted by molar-refractivity contribution is 0.238. The van der Waals surface area contributed by atoms with Crippen LogP contribution in [0.1, 0.15) is 6.92 Å². The second-order valence-electron chi connectivity index (χ2n) is 3.20. The lowest BCUT2D eigenvalue weighted by Gasteiger charge is -2.21. The quantitative estimate of drug-likeness (QED) is 0.463. The molecule has 0 aliphatic carbocycles. The zero-order valence-corrected chi connectivity index (χ0v) is 8.33. The maximum Gasteiger partial charge on any atom is 0.184 e. The fraction of sp³-hybridized carbons (Fsp3) is 1.00. The SMILES string of the molecule is CC(CCl)O[Si](C)(C)C. The molecule has 1 atom stereocenters. The Bertz CT molecular complexity index is 79.6. The van der Waals surface area contributed by atoms with Gasteiger partial charge in [0, 0.05) is 5.88 Å². The molecule has 0 N–H and O–H groups in total. The van der Waals surface area contributed by atoms with Crippen molar-refractivity contribution in [2.75, 3.05) is 5.88 Å². The molecule has 0 aromatic heterocycles. The van der Waals surface area contributed by atoms with Crippen LogP contribution in [0.3, 0.4) is 0 Å². The third-order valence-corrected chi connectivity index (χ3v) is 2.32. The zero-order chi connectivity index (χ0) is 7.49. The summed E-state index contributed by atoms with van der Waals surface area (Å²) in [6.07, 6.45) is 0.221. The molecular formula is C6H15ClOSi. The highest BCUT2D eigenvalue weighted by Gasteiger charge is 2.16. The Kier molecular flexibility index (Phi) is 3.78. The van der Waals surface area contributed by atoms with Crippen molar-refractivity contribution in [1.29, 1.82) is 0 Å². The highest BCUT2D eigenvalue weighted by atomic mass is 35.5. The molecule has 0 bridgehead atoms. The summed E-state index contributed by atoms with van der Waals surface area (Å²) in [7, 11) is -1.33. The zero-order valence-electron chi connectivity index (χ0n) is 6.57. The van der Waals surface area contributed by atoms with Crippen molar-refractivity contribution in [1.82, 2.24) is 0 Å². The Balaban J connectivity index is 3.47. The van der Waals surface area contributed by atoms with Gasteiger partial charge in [-0.1, -0.05) is 0 Å². The topological polar surface area (TPSA) is 9.23 Å². The standard InChI is InChI=1S/C6H15ClOSi/c1-6(5-7)8-9(2,3)4/h6H,5H2,1-4H3. The predicted molar refractivity (Wildman–Crippen MR) is 44.6 cm³/mol. The summed E-state index contributed by atoms with van der Waals surface area (Å²) in [6.45, 7) is 8.49. The molecule has 0 aliphatic heterocycles. The predicted octanol–water partition coefficient (Wildman–Crippen LogP) is 2.47. The summed E-state index contributed by atoms with van der Waals surface area (Å²) in [4.78, 5) is 0. The molecule has 56 valence electrons. The van der Waals surface area contributed by atoms with Gasteiger partial charge in [-0.25, -0.2) is 0 Å². The molecule has 0 saturated carbocycles. The van der Waals surface area contributed by atoms with Crippen molar-refractivity contribution >= 4 is 19.9 Å². The molecule has 0 rings (SSSR count). The van der Waals surface area contributed by atoms with Crippen molar-refractivity contribution in [3.8, 4) is 0 Å². The van der Waals surface area contributed by atoms with E-state index in [-0.39, 0.29) is 6.10 Å². The first-order valence-corrected chi connectivity index (χ1v) is 7.14. The largest absolute Gasteiger partial charge is 0.414 e. The Hall–Kier alpha value is 0.467. The minimum Gasteiger partial charge on any atom is -0.414 e. The van der Waals surface area contributed by atoms with Gasteiger partial charge in [0.2, 0.25) is 0 Å². The van der Waals surface area contributed by atoms with E-state index in [4.69, 9.17) is 16.0 Å². The van der Waals surface area contributed by atoms with E-state index in [1.807, 2.05) is 6.92 Å². The normalized spacial score (nSPS) is 15.7. The van der Waals surface area contributed by atoms with E-state index in [1.165, 1.54) is 0 Å². The van der Waals surface area contributed by atoms with E-state index in [0.29, 0.717) is 5.88 Å². The second-order valence-corrected chi connectivity index (χ2v) is 7.96. The van der Waals surface area contributed by atoms with Crippen LogP contribution in [0.15, 0.2) is 0 Å². The van der Waals surface area contributed by atoms with Crippen LogP contribution in [0.4, 0.5) is 0 Å². The molecule has 1 unspecified atom stereocenters. The van der Waals surface area contributed by atoms with Crippen molar-refractivity contribution < 1.29 is 4.43 Å². The van der Waals surface area contributed by atoms with Crippen molar-refractivity contribution in [2.24, 2.45) is 0 Å². The molecule has 0 heterocycles. The summed E-state index contributed by atoms with van der Waals surface area (Å²) >= 11 is 5.56. The van der Waals surface area contributed by atoms with Crippen LogP contribution < -0.4 is 0 Å². The fourth-order valence-electron chi connectivity index (χ4n) is 0.635. The third kappa shape index (κ3) is 6.35. The molecular weight excluding hydrogens is 152 g/mol. The minimum absolute atomic E-state index is 0.221. The Morgan fingerprint density at radius 1 is 1.44 bits per heavy atom. The maximum atomic E-state index is 5.59. The van der Waals surface area contributed by atoms with Gasteiger partial charge in [0.15, 0.2) is 8.32 Å². The lowest BCUT2D eigenvalue weighted by atomic mass is 10.5. The van der Waals surface area contributed by atoms with Crippen LogP contribution in [-0.2, 0) is 4.43 Å². The van der Waals surface area contributed by atoms with E-state index >= 15 is 0 Å². The number of hydrogen-bond donors (Lipinski definition) is 0. The first-order valence-electron chi connectivity index (χ1n) is 3.19. The smallest absolute Gasteiger partial charge is 0.184 e. The first-order chi connectivity index (χ1) is 3.95. The molecule has 0 radical (unpaired) electrons. The Morgan fingerprint density at radius 2 is 1.89 bits per heavy atom. The molecule has 0 amide bonds. The first kappa shape index (κ1) is 9.47. The molecule has 0 saturated heterocycles. The van der Waals surface area contributed by atoms with Crippen LogP contribution in [0.5, 0.6) is 0 Å². The molecule has 0 aromatic carbocycles. The molecule has 0 aliphatic rings. The van der Waals surface area contributed by atoms with Crippen LogP contribution in [0.25, 0.3) is 0 Å². The van der Waals surface area contributed by atoms with Gasteiger partial charge >= 0.3 is 0 Å². The lowest BCUT2D eigenvalue weighted by Crippen LogP contribution is -2.31. The van der Waals surface area contributed by atoms with Crippen LogP contribution in [0, 0.1) is 0 Å². The third-order valence-electron chi connectivity index (χ3n) is 0.772. The fourth-order valence-corrected chi connectivity index (χ4v) is 2.09. The molecule has 0 spiro atoms. The van der Waals surface area contributed by atoms with E-state index < -0.39 is 8.32 Å². The van der Waals surface area contributed by atoms with E-state index in [2.05, 4.69) is 19.6 Å². The van der Waals surface area contributed by atoms with E-state index in [0.717, 1.165) is 0 Å². The van der Waals surface area contributed by atoms with Crippen molar-refractivity contribution in [2.45, 2.75) is 32.7 Å². The Labute approximate surface area is 63.5 Å². The Morgan fingerprint density at radius 3 is 2.00 bits per heavy atom. The highest BCUT2D eigenvalue weighted by molar-refractivity contribution is 6.69. The maximum absolute atomic E-state index is 5.59. The minimum atomic E-state index is -1.33. The van der Waals surface area contributed by atoms with Gasteiger partial charge in [0.1, 0.15) is 0 Å². The van der Waals surface area contributed by atoms with Gasteiger partial charge in [-0.05, 0) is 26.6 Å². The summed E-state index contributed by atoms with van der Waals surface area (Å²) < 4.78 is 5.59. The molecule has 3 heteroatoms. The average molecular weight is 167 g/mol. The van der Waals surface area contributed by atoms with Crippen LogP contribution in [0.2, 0.25) is 19.6 Å². The van der Waals surface area contributed by atoms with E-state index in [9.17, 15) is 0 Å². The average Bonchev–Trinajstić information content (AvgIpc) is 1.62. The monoisotopic (exact) mass is 166 g/mol. The molecule has 0 aromatic rings. The molecule has 0 fully saturated rings. The van der Waals surface area contributed by atoms with Gasteiger partial charge < -0.3 is 4.43 Å². The van der Waals surface area contributed by atoms with Gasteiger partial charge in [-0.15, -0.1) is 11.6 Å². The van der Waals surface area contributed by atoms with Gasteiger partial charge in [-0.3, -0.25) is 0 Å². The number of hydrogen-bond acceptors (Lipinski definition) is 1. The van der Waals surface area contributed by atoms with Gasteiger partial charge in [0.25, 0.3) is 0 Å². The number of alkyl halides is 1. The van der Waals surface area contributed by atoms with Crippen molar-refractivity contribution in [3.05, 3.63) is 0 Å². The molecule has 9 heavy (non-hydrogen) atoms. The molecule has 1 nitrogen and oxygen atoms in total. The van der Waals surface area contributed by atoms with Gasteiger partial charge in [0.05, 0.1) is 6.10 Å². The summed E-state index contributed by atoms with van der Waals surface area (Å²) in [5, 5.41) is 0. The second kappa shape index (κ2) is 3.59. The summed E-state index contributed by atoms with van der Waals surface area (Å²) in [6, 6.07) is 0. The number of rotatable bonds is 3. The number of halogens is 1. The summed E-state index contributed by atoms with van der Waals surface area (Å²) in [5.74, 6) is 0.601. The van der Waals surface area contributed by atoms with Crippen LogP contribution >= 0.6 is 11.6 Å². The highest BCUT2D eigenvalue weighted by Crippen LogP contribution is 2.07. The summed E-state index contributed by atoms with van der Waals surface area (Å²) in [5.41, 5.74) is 0.